The van der Waals surface area contributed by atoms with Crippen LogP contribution in [0, 0.1) is 5.82 Å². The highest BCUT2D eigenvalue weighted by molar-refractivity contribution is 6.28. The van der Waals surface area contributed by atoms with Crippen LogP contribution in [0.1, 0.15) is 35.4 Å². The van der Waals surface area contributed by atoms with E-state index in [1.54, 1.807) is 18.2 Å². The quantitative estimate of drug-likeness (QED) is 0.769. The molecule has 22 heavy (non-hydrogen) atoms. The minimum Gasteiger partial charge on any atom is -0.448 e. The molecule has 0 saturated carbocycles. The maximum Gasteiger partial charge on any atom is 0.193 e. The zero-order chi connectivity index (χ0) is 15.5. The van der Waals surface area contributed by atoms with Gasteiger partial charge in [-0.3, -0.25) is 9.69 Å². The summed E-state index contributed by atoms with van der Waals surface area (Å²) in [5.41, 5.74) is 0.564. The molecule has 0 radical (unpaired) electrons. The van der Waals surface area contributed by atoms with E-state index in [1.165, 1.54) is 12.1 Å². The fourth-order valence-electron chi connectivity index (χ4n) is 2.94. The number of furan rings is 1. The highest BCUT2D eigenvalue weighted by Crippen LogP contribution is 2.25. The van der Waals surface area contributed by atoms with Crippen LogP contribution in [0.15, 0.2) is 40.8 Å². The van der Waals surface area contributed by atoms with Gasteiger partial charge >= 0.3 is 0 Å². The van der Waals surface area contributed by atoms with Crippen LogP contribution in [0.3, 0.4) is 0 Å². The number of nitrogens with zero attached hydrogens (tertiary/aromatic N) is 1. The largest absolute Gasteiger partial charge is 0.448 e. The summed E-state index contributed by atoms with van der Waals surface area (Å²) in [6.07, 6.45) is 2.50. The number of ketones is 1. The molecule has 1 aliphatic rings. The topological polar surface area (TPSA) is 33.5 Å². The molecule has 0 bridgehead atoms. The average Bonchev–Trinajstić information content (AvgIpc) is 3.10. The van der Waals surface area contributed by atoms with Crippen LogP contribution in [0.2, 0.25) is 5.22 Å². The summed E-state index contributed by atoms with van der Waals surface area (Å²) in [6.45, 7) is 1.60. The van der Waals surface area contributed by atoms with Gasteiger partial charge in [-0.05, 0) is 67.4 Å². The number of likely N-dealkylation sites (tertiary alicyclic amines) is 1. The van der Waals surface area contributed by atoms with E-state index in [0.717, 1.165) is 25.1 Å². The van der Waals surface area contributed by atoms with E-state index < -0.39 is 0 Å². The molecule has 1 aliphatic heterocycles. The zero-order valence-electron chi connectivity index (χ0n) is 12.1. The summed E-state index contributed by atoms with van der Waals surface area (Å²) in [4.78, 5) is 14.6. The lowest BCUT2D eigenvalue weighted by Crippen LogP contribution is -2.30. The van der Waals surface area contributed by atoms with Crippen molar-refractivity contribution in [2.24, 2.45) is 0 Å². The van der Waals surface area contributed by atoms with E-state index in [1.807, 2.05) is 6.07 Å². The zero-order valence-corrected chi connectivity index (χ0v) is 12.9. The summed E-state index contributed by atoms with van der Waals surface area (Å²) < 4.78 is 18.3. The smallest absolute Gasteiger partial charge is 0.193 e. The number of hydrogen-bond acceptors (Lipinski definition) is 3. The molecule has 1 aromatic heterocycles. The number of carbonyl (C=O) groups is 1. The summed E-state index contributed by atoms with van der Waals surface area (Å²) in [5.74, 6) is 0.536. The van der Waals surface area contributed by atoms with E-state index in [9.17, 15) is 9.18 Å². The van der Waals surface area contributed by atoms with E-state index in [0.29, 0.717) is 23.7 Å². The first-order chi connectivity index (χ1) is 10.6. The minimum absolute atomic E-state index is 0.0503. The molecule has 0 N–H and O–H groups in total. The fraction of sp³-hybridized carbons (Fsp3) is 0.353. The predicted molar refractivity (Wildman–Crippen MR) is 82.5 cm³/mol. The lowest BCUT2D eigenvalue weighted by Gasteiger charge is -2.22. The molecule has 2 aromatic rings. The third-order valence-corrected chi connectivity index (χ3v) is 4.28. The Bertz CT molecular complexity index is 653. The third-order valence-electron chi connectivity index (χ3n) is 4.07. The predicted octanol–water partition coefficient (Wildman–Crippen LogP) is 4.31. The second-order valence-electron chi connectivity index (χ2n) is 5.61. The van der Waals surface area contributed by atoms with Crippen LogP contribution in [0.25, 0.3) is 0 Å². The van der Waals surface area contributed by atoms with Gasteiger partial charge in [0.25, 0.3) is 0 Å². The lowest BCUT2D eigenvalue weighted by molar-refractivity contribution is 0.0935. The normalized spacial score (nSPS) is 18.7. The number of Topliss-reactive ketones (excluding diaryl/α,β-unsaturated/α-hetero) is 1. The number of rotatable bonds is 5. The van der Waals surface area contributed by atoms with Crippen LogP contribution >= 0.6 is 11.6 Å². The molecule has 0 unspecified atom stereocenters. The van der Waals surface area contributed by atoms with Crippen LogP contribution in [-0.2, 0) is 6.54 Å². The van der Waals surface area contributed by atoms with Gasteiger partial charge in [0.15, 0.2) is 11.0 Å². The van der Waals surface area contributed by atoms with Gasteiger partial charge in [-0.1, -0.05) is 0 Å². The molecule has 5 heteroatoms. The summed E-state index contributed by atoms with van der Waals surface area (Å²) in [6, 6.07) is 9.52. The molecule has 1 aromatic carbocycles. The average molecular weight is 322 g/mol. The van der Waals surface area contributed by atoms with E-state index in [-0.39, 0.29) is 17.6 Å². The Labute approximate surface area is 133 Å². The Morgan fingerprint density at radius 3 is 2.73 bits per heavy atom. The van der Waals surface area contributed by atoms with Crippen molar-refractivity contribution in [2.75, 3.05) is 6.54 Å². The van der Waals surface area contributed by atoms with Crippen molar-refractivity contribution in [3.8, 4) is 0 Å². The summed E-state index contributed by atoms with van der Waals surface area (Å²) in [7, 11) is 0. The molecule has 0 aliphatic carbocycles. The van der Waals surface area contributed by atoms with Gasteiger partial charge in [-0.2, -0.15) is 0 Å². The van der Waals surface area contributed by atoms with Crippen molar-refractivity contribution in [1.29, 1.82) is 0 Å². The van der Waals surface area contributed by atoms with E-state index in [4.69, 9.17) is 16.0 Å². The number of benzene rings is 1. The third kappa shape index (κ3) is 3.57. The highest BCUT2D eigenvalue weighted by Gasteiger charge is 2.27. The van der Waals surface area contributed by atoms with Crippen LogP contribution in [-0.4, -0.2) is 23.3 Å². The maximum absolute atomic E-state index is 12.9. The molecule has 1 saturated heterocycles. The van der Waals surface area contributed by atoms with E-state index in [2.05, 4.69) is 4.90 Å². The van der Waals surface area contributed by atoms with Crippen molar-refractivity contribution in [2.45, 2.75) is 31.8 Å². The monoisotopic (exact) mass is 321 g/mol. The van der Waals surface area contributed by atoms with Gasteiger partial charge in [0.1, 0.15) is 11.6 Å². The highest BCUT2D eigenvalue weighted by atomic mass is 35.5. The van der Waals surface area contributed by atoms with Crippen molar-refractivity contribution in [3.05, 3.63) is 58.8 Å². The molecule has 0 amide bonds. The molecule has 3 rings (SSSR count). The van der Waals surface area contributed by atoms with Gasteiger partial charge < -0.3 is 4.42 Å². The lowest BCUT2D eigenvalue weighted by atomic mass is 10.0. The molecule has 116 valence electrons. The van der Waals surface area contributed by atoms with Crippen LogP contribution in [0.4, 0.5) is 4.39 Å². The maximum atomic E-state index is 12.9. The Hall–Kier alpha value is -1.65. The van der Waals surface area contributed by atoms with Crippen molar-refractivity contribution < 1.29 is 13.6 Å². The Morgan fingerprint density at radius 1 is 1.27 bits per heavy atom. The molecule has 1 atom stereocenters. The molecular weight excluding hydrogens is 305 g/mol. The van der Waals surface area contributed by atoms with Gasteiger partial charge in [-0.25, -0.2) is 4.39 Å². The molecule has 1 fully saturated rings. The van der Waals surface area contributed by atoms with E-state index >= 15 is 0 Å². The first-order valence-corrected chi connectivity index (χ1v) is 7.76. The van der Waals surface area contributed by atoms with Crippen LogP contribution in [0.5, 0.6) is 0 Å². The van der Waals surface area contributed by atoms with Gasteiger partial charge in [0.2, 0.25) is 0 Å². The van der Waals surface area contributed by atoms with Gasteiger partial charge in [0, 0.05) is 18.0 Å². The Kier molecular flexibility index (Phi) is 4.60. The second-order valence-corrected chi connectivity index (χ2v) is 5.98. The molecule has 2 heterocycles. The van der Waals surface area contributed by atoms with Crippen LogP contribution < -0.4 is 0 Å². The number of hydrogen-bond donors (Lipinski definition) is 0. The van der Waals surface area contributed by atoms with Gasteiger partial charge in [-0.15, -0.1) is 0 Å². The van der Waals surface area contributed by atoms with Crippen molar-refractivity contribution in [3.63, 3.8) is 0 Å². The Morgan fingerprint density at radius 2 is 2.05 bits per heavy atom. The number of carbonyl (C=O) groups excluding carboxylic acids is 1. The Balaban J connectivity index is 1.63. The first kappa shape index (κ1) is 15.3. The SMILES string of the molecule is O=C(C[C@H]1CCCN1Cc1ccc(Cl)o1)c1ccc(F)cc1. The first-order valence-electron chi connectivity index (χ1n) is 7.39. The standard InChI is InChI=1S/C17H17ClFNO2/c18-17-8-7-15(22-17)11-20-9-1-2-14(20)10-16(21)12-3-5-13(19)6-4-12/h3-8,14H,1-2,9-11H2/t14-/m1/s1. The second kappa shape index (κ2) is 6.63. The minimum atomic E-state index is -0.325. The van der Waals surface area contributed by atoms with Crippen molar-refractivity contribution >= 4 is 17.4 Å². The van der Waals surface area contributed by atoms with Crippen molar-refractivity contribution in [1.82, 2.24) is 4.90 Å². The molecular formula is C17H17ClFNO2. The molecule has 3 nitrogen and oxygen atoms in total. The fourth-order valence-corrected chi connectivity index (χ4v) is 3.10. The van der Waals surface area contributed by atoms with Gasteiger partial charge in [0.05, 0.1) is 6.54 Å². The summed E-state index contributed by atoms with van der Waals surface area (Å²) in [5, 5.41) is 0.383. The number of halogens is 2. The molecule has 0 spiro atoms. The summed E-state index contributed by atoms with van der Waals surface area (Å²) >= 11 is 5.79.